The van der Waals surface area contributed by atoms with Crippen LogP contribution in [-0.2, 0) is 0 Å². The topological polar surface area (TPSA) is 94.1 Å². The van der Waals surface area contributed by atoms with Crippen LogP contribution in [0.3, 0.4) is 0 Å². The zero-order valence-corrected chi connectivity index (χ0v) is 29.8. The molecule has 10 aromatic rings. The minimum absolute atomic E-state index is 0.517. The highest BCUT2D eigenvalue weighted by atomic mass is 15.0. The van der Waals surface area contributed by atoms with E-state index in [4.69, 9.17) is 0 Å². The number of nitriles is 3. The molecular weight excluding hydrogens is 685 g/mol. The largest absolute Gasteiger partial charge is 0.308 e. The molecule has 7 aromatic carbocycles. The molecule has 0 amide bonds. The van der Waals surface area contributed by atoms with Crippen LogP contribution in [0.5, 0.6) is 0 Å². The first-order valence-corrected chi connectivity index (χ1v) is 18.2. The lowest BCUT2D eigenvalue weighted by atomic mass is 9.98. The zero-order valence-electron chi connectivity index (χ0n) is 29.8. The molecule has 56 heavy (non-hydrogen) atoms. The van der Waals surface area contributed by atoms with E-state index in [0.29, 0.717) is 16.7 Å². The van der Waals surface area contributed by atoms with E-state index in [0.717, 1.165) is 88.4 Å². The number of benzene rings is 7. The molecule has 0 aliphatic rings. The van der Waals surface area contributed by atoms with Gasteiger partial charge in [0, 0.05) is 39.5 Å². The Hall–Kier alpha value is -8.24. The molecule has 0 radical (unpaired) electrons. The molecule has 0 bridgehead atoms. The normalized spacial score (nSPS) is 11.2. The van der Waals surface area contributed by atoms with E-state index in [1.54, 1.807) is 12.4 Å². The van der Waals surface area contributed by atoms with Crippen LogP contribution in [0.1, 0.15) is 16.7 Å². The molecule has 0 unspecified atom stereocenters. The molecule has 0 saturated heterocycles. The predicted octanol–water partition coefficient (Wildman–Crippen LogP) is 11.9. The maximum absolute atomic E-state index is 10.7. The van der Waals surface area contributed by atoms with Crippen LogP contribution >= 0.6 is 0 Å². The molecule has 0 spiro atoms. The van der Waals surface area contributed by atoms with E-state index in [1.165, 1.54) is 0 Å². The quantitative estimate of drug-likeness (QED) is 0.177. The Morgan fingerprint density at radius 2 is 0.839 bits per heavy atom. The second-order valence-corrected chi connectivity index (χ2v) is 13.7. The third-order valence-corrected chi connectivity index (χ3v) is 10.7. The molecule has 258 valence electrons. The van der Waals surface area contributed by atoms with Gasteiger partial charge in [-0.2, -0.15) is 15.8 Å². The van der Waals surface area contributed by atoms with Crippen LogP contribution in [0.2, 0.25) is 0 Å². The van der Waals surface area contributed by atoms with Gasteiger partial charge in [0.25, 0.3) is 0 Å². The van der Waals surface area contributed by atoms with Gasteiger partial charge >= 0.3 is 0 Å². The fourth-order valence-electron chi connectivity index (χ4n) is 8.31. The van der Waals surface area contributed by atoms with E-state index >= 15 is 0 Å². The predicted molar refractivity (Wildman–Crippen MR) is 223 cm³/mol. The van der Waals surface area contributed by atoms with Gasteiger partial charge in [-0.05, 0) is 101 Å². The summed E-state index contributed by atoms with van der Waals surface area (Å²) in [4.78, 5) is 4.38. The molecule has 0 fully saturated rings. The molecule has 3 heterocycles. The van der Waals surface area contributed by atoms with E-state index < -0.39 is 0 Å². The van der Waals surface area contributed by atoms with Crippen molar-refractivity contribution in [2.45, 2.75) is 0 Å². The van der Waals surface area contributed by atoms with Gasteiger partial charge in [0.05, 0.1) is 68.3 Å². The summed E-state index contributed by atoms with van der Waals surface area (Å²) >= 11 is 0. The summed E-state index contributed by atoms with van der Waals surface area (Å²) in [6.45, 7) is 0. The molecule has 0 aliphatic heterocycles. The van der Waals surface area contributed by atoms with Crippen molar-refractivity contribution in [3.05, 3.63) is 187 Å². The SMILES string of the molecule is N#Cc1cc(-n2c3ccccc3c3cc(-c4ccccc4C#N)ccc32)c(-c2ccncc2)c(-n2c3ccccc3c3cc(-c4ccccc4C#N)ccc32)c1. The van der Waals surface area contributed by atoms with Crippen molar-refractivity contribution in [3.63, 3.8) is 0 Å². The summed E-state index contributed by atoms with van der Waals surface area (Å²) in [6.07, 6.45) is 3.60. The third-order valence-electron chi connectivity index (χ3n) is 10.7. The van der Waals surface area contributed by atoms with Gasteiger partial charge in [-0.15, -0.1) is 0 Å². The third kappa shape index (κ3) is 4.97. The number of hydrogen-bond acceptors (Lipinski definition) is 4. The summed E-state index contributed by atoms with van der Waals surface area (Å²) in [5, 5.41) is 34.7. The number of para-hydroxylation sites is 2. The number of aromatic nitrogens is 3. The first-order valence-electron chi connectivity index (χ1n) is 18.2. The minimum Gasteiger partial charge on any atom is -0.308 e. The fourth-order valence-corrected chi connectivity index (χ4v) is 8.31. The van der Waals surface area contributed by atoms with Gasteiger partial charge < -0.3 is 9.13 Å². The molecule has 0 atom stereocenters. The first-order chi connectivity index (χ1) is 27.7. The monoisotopic (exact) mass is 712 g/mol. The van der Waals surface area contributed by atoms with Gasteiger partial charge in [0.15, 0.2) is 0 Å². The number of rotatable bonds is 5. The Bertz CT molecular complexity index is 3150. The highest BCUT2D eigenvalue weighted by Gasteiger charge is 2.24. The highest BCUT2D eigenvalue weighted by molar-refractivity contribution is 6.13. The number of nitrogens with zero attached hydrogens (tertiary/aromatic N) is 6. The Morgan fingerprint density at radius 1 is 0.393 bits per heavy atom. The lowest BCUT2D eigenvalue weighted by molar-refractivity contribution is 1.13. The molecule has 0 saturated carbocycles. The van der Waals surface area contributed by atoms with Gasteiger partial charge in [-0.25, -0.2) is 0 Å². The van der Waals surface area contributed by atoms with Crippen LogP contribution in [0.25, 0.3) is 88.4 Å². The van der Waals surface area contributed by atoms with Crippen molar-refractivity contribution in [3.8, 4) is 63.0 Å². The van der Waals surface area contributed by atoms with Gasteiger partial charge in [-0.3, -0.25) is 4.98 Å². The van der Waals surface area contributed by atoms with Gasteiger partial charge in [0.1, 0.15) is 0 Å². The number of hydrogen-bond donors (Lipinski definition) is 0. The van der Waals surface area contributed by atoms with Crippen molar-refractivity contribution in [2.75, 3.05) is 0 Å². The second-order valence-electron chi connectivity index (χ2n) is 13.7. The van der Waals surface area contributed by atoms with Crippen molar-refractivity contribution < 1.29 is 0 Å². The summed E-state index contributed by atoms with van der Waals surface area (Å²) in [5.74, 6) is 0. The Labute approximate surface area is 322 Å². The Balaban J connectivity index is 1.31. The lowest BCUT2D eigenvalue weighted by Crippen LogP contribution is -2.05. The number of fused-ring (bicyclic) bond motifs is 6. The van der Waals surface area contributed by atoms with Crippen molar-refractivity contribution in [1.29, 1.82) is 15.8 Å². The standard InChI is InChI=1S/C50H28N6/c51-29-32-25-48(55-44-15-7-5-13-40(44)42-27-34(17-19-46(42)55)38-11-3-1-9-36(38)30-52)50(33-21-23-54-24-22-33)49(26-32)56-45-16-8-6-14-41(45)43-28-35(18-20-47(43)56)39-12-4-2-10-37(39)31-53/h1-28H. The lowest BCUT2D eigenvalue weighted by Gasteiger charge is -2.21. The highest BCUT2D eigenvalue weighted by Crippen LogP contribution is 2.44. The average molecular weight is 713 g/mol. The molecule has 3 aromatic heterocycles. The maximum atomic E-state index is 10.7. The number of pyridine rings is 1. The molecule has 6 heteroatoms. The Kier molecular flexibility index (Phi) is 7.53. The van der Waals surface area contributed by atoms with Crippen molar-refractivity contribution >= 4 is 43.6 Å². The first kappa shape index (κ1) is 32.4. The fraction of sp³-hybridized carbons (Fsp3) is 0. The van der Waals surface area contributed by atoms with Crippen molar-refractivity contribution in [2.24, 2.45) is 0 Å². The van der Waals surface area contributed by atoms with E-state index in [2.05, 4.69) is 93.0 Å². The Morgan fingerprint density at radius 3 is 1.32 bits per heavy atom. The van der Waals surface area contributed by atoms with Crippen LogP contribution < -0.4 is 0 Å². The van der Waals surface area contributed by atoms with Crippen LogP contribution in [0, 0.1) is 34.0 Å². The zero-order chi connectivity index (χ0) is 37.8. The van der Waals surface area contributed by atoms with E-state index in [1.807, 2.05) is 97.1 Å². The molecule has 0 N–H and O–H groups in total. The minimum atomic E-state index is 0.517. The summed E-state index contributed by atoms with van der Waals surface area (Å²) in [5.41, 5.74) is 13.0. The molecule has 0 aliphatic carbocycles. The van der Waals surface area contributed by atoms with Crippen molar-refractivity contribution in [1.82, 2.24) is 14.1 Å². The second kappa shape index (κ2) is 13.0. The van der Waals surface area contributed by atoms with E-state index in [9.17, 15) is 15.8 Å². The smallest absolute Gasteiger partial charge is 0.0998 e. The molecular formula is C50H28N6. The summed E-state index contributed by atoms with van der Waals surface area (Å²) < 4.78 is 4.52. The summed E-state index contributed by atoms with van der Waals surface area (Å²) in [6, 6.07) is 59.9. The average Bonchev–Trinajstić information content (AvgIpc) is 3.78. The van der Waals surface area contributed by atoms with Gasteiger partial charge in [-0.1, -0.05) is 84.9 Å². The van der Waals surface area contributed by atoms with Crippen LogP contribution in [0.4, 0.5) is 0 Å². The summed E-state index contributed by atoms with van der Waals surface area (Å²) in [7, 11) is 0. The van der Waals surface area contributed by atoms with Gasteiger partial charge in [0.2, 0.25) is 0 Å². The van der Waals surface area contributed by atoms with Crippen LogP contribution in [0.15, 0.2) is 170 Å². The van der Waals surface area contributed by atoms with Crippen LogP contribution in [-0.4, -0.2) is 14.1 Å². The van der Waals surface area contributed by atoms with E-state index in [-0.39, 0.29) is 0 Å². The maximum Gasteiger partial charge on any atom is 0.0998 e. The molecule has 6 nitrogen and oxygen atoms in total. The molecule has 10 rings (SSSR count).